The Balaban J connectivity index is 0.000000873. The van der Waals surface area contributed by atoms with Gasteiger partial charge in [-0.25, -0.2) is 0 Å². The standard InChI is InChI=1S/C10H11ClO4.CH2Cl2/c1-13-7-4-6(10(11)12)5-8(14-2)9(7)15-3;2-1-3/h4-5H,1-3H3;1H2. The molecule has 1 aromatic rings. The van der Waals surface area contributed by atoms with Crippen molar-refractivity contribution >= 4 is 40.0 Å². The lowest BCUT2D eigenvalue weighted by Gasteiger charge is -2.12. The summed E-state index contributed by atoms with van der Waals surface area (Å²) in [5.41, 5.74) is 0.297. The van der Waals surface area contributed by atoms with Crippen molar-refractivity contribution in [3.05, 3.63) is 17.7 Å². The van der Waals surface area contributed by atoms with Crippen molar-refractivity contribution in [2.45, 2.75) is 0 Å². The zero-order valence-corrected chi connectivity index (χ0v) is 12.4. The van der Waals surface area contributed by atoms with E-state index in [0.717, 1.165) is 0 Å². The summed E-state index contributed by atoms with van der Waals surface area (Å²) in [6, 6.07) is 2.99. The van der Waals surface area contributed by atoms with Crippen LogP contribution in [-0.4, -0.2) is 31.9 Å². The molecule has 7 heteroatoms. The van der Waals surface area contributed by atoms with Crippen molar-refractivity contribution in [1.82, 2.24) is 0 Å². The lowest BCUT2D eigenvalue weighted by atomic mass is 10.2. The van der Waals surface area contributed by atoms with Crippen LogP contribution in [0.5, 0.6) is 17.2 Å². The van der Waals surface area contributed by atoms with Gasteiger partial charge in [0, 0.05) is 5.56 Å². The lowest BCUT2D eigenvalue weighted by molar-refractivity contribution is 0.108. The van der Waals surface area contributed by atoms with E-state index in [-0.39, 0.29) is 5.34 Å². The maximum Gasteiger partial charge on any atom is 0.252 e. The molecule has 0 bridgehead atoms. The fraction of sp³-hybridized carbons (Fsp3) is 0.364. The molecule has 0 aromatic heterocycles. The van der Waals surface area contributed by atoms with Crippen molar-refractivity contribution in [3.8, 4) is 17.2 Å². The summed E-state index contributed by atoms with van der Waals surface area (Å²) in [7, 11) is 4.43. The first-order chi connectivity index (χ1) is 8.55. The predicted molar refractivity (Wildman–Crippen MR) is 72.9 cm³/mol. The van der Waals surface area contributed by atoms with Gasteiger partial charge in [-0.3, -0.25) is 4.79 Å². The van der Waals surface area contributed by atoms with Gasteiger partial charge in [0.15, 0.2) is 11.5 Å². The van der Waals surface area contributed by atoms with Crippen LogP contribution in [0.3, 0.4) is 0 Å². The minimum Gasteiger partial charge on any atom is -0.493 e. The van der Waals surface area contributed by atoms with Gasteiger partial charge in [-0.1, -0.05) is 0 Å². The molecule has 4 nitrogen and oxygen atoms in total. The van der Waals surface area contributed by atoms with Crippen LogP contribution < -0.4 is 14.2 Å². The third kappa shape index (κ3) is 4.80. The molecular formula is C11H13Cl3O4. The van der Waals surface area contributed by atoms with Crippen molar-refractivity contribution in [2.24, 2.45) is 0 Å². The quantitative estimate of drug-likeness (QED) is 0.630. The first-order valence-electron chi connectivity index (χ1n) is 4.67. The molecule has 0 spiro atoms. The van der Waals surface area contributed by atoms with Crippen LogP contribution >= 0.6 is 34.8 Å². The Morgan fingerprint density at radius 3 is 1.67 bits per heavy atom. The van der Waals surface area contributed by atoms with E-state index < -0.39 is 5.24 Å². The Hall–Kier alpha value is -0.840. The molecule has 0 radical (unpaired) electrons. The number of carbonyl (C=O) groups is 1. The van der Waals surface area contributed by atoms with Crippen LogP contribution in [0.4, 0.5) is 0 Å². The van der Waals surface area contributed by atoms with E-state index in [0.29, 0.717) is 22.8 Å². The molecule has 0 N–H and O–H groups in total. The molecule has 0 unspecified atom stereocenters. The number of methoxy groups -OCH3 is 3. The molecule has 18 heavy (non-hydrogen) atoms. The molecule has 1 rings (SSSR count). The van der Waals surface area contributed by atoms with Gasteiger partial charge in [-0.15, -0.1) is 23.2 Å². The summed E-state index contributed by atoms with van der Waals surface area (Å²) in [4.78, 5) is 11.0. The summed E-state index contributed by atoms with van der Waals surface area (Å²) in [5.74, 6) is 1.24. The van der Waals surface area contributed by atoms with Crippen LogP contribution in [-0.2, 0) is 0 Å². The van der Waals surface area contributed by atoms with E-state index in [1.54, 1.807) is 0 Å². The van der Waals surface area contributed by atoms with Gasteiger partial charge in [0.2, 0.25) is 5.75 Å². The second kappa shape index (κ2) is 9.14. The number of alkyl halides is 2. The highest BCUT2D eigenvalue weighted by Gasteiger charge is 2.15. The maximum absolute atomic E-state index is 11.0. The number of rotatable bonds is 4. The number of benzene rings is 1. The van der Waals surface area contributed by atoms with E-state index in [9.17, 15) is 4.79 Å². The molecule has 0 atom stereocenters. The summed E-state index contributed by atoms with van der Waals surface area (Å²) in [5, 5.41) is -0.380. The van der Waals surface area contributed by atoms with Crippen molar-refractivity contribution in [2.75, 3.05) is 26.7 Å². The molecule has 0 aliphatic heterocycles. The van der Waals surface area contributed by atoms with Crippen LogP contribution in [0.1, 0.15) is 10.4 Å². The van der Waals surface area contributed by atoms with Gasteiger partial charge in [0.25, 0.3) is 5.24 Å². The molecular weight excluding hydrogens is 302 g/mol. The lowest BCUT2D eigenvalue weighted by Crippen LogP contribution is -1.98. The van der Waals surface area contributed by atoms with Gasteiger partial charge >= 0.3 is 0 Å². The minimum absolute atomic E-state index is 0.194. The summed E-state index contributed by atoms with van der Waals surface area (Å²) in [6.07, 6.45) is 0. The Morgan fingerprint density at radius 1 is 1.06 bits per heavy atom. The van der Waals surface area contributed by atoms with E-state index in [4.69, 9.17) is 49.0 Å². The van der Waals surface area contributed by atoms with E-state index in [1.807, 2.05) is 0 Å². The molecule has 1 aromatic carbocycles. The Bertz CT molecular complexity index is 371. The smallest absolute Gasteiger partial charge is 0.252 e. The molecule has 0 saturated carbocycles. The van der Waals surface area contributed by atoms with Crippen LogP contribution in [0.15, 0.2) is 12.1 Å². The number of halogens is 3. The summed E-state index contributed by atoms with van der Waals surface area (Å²) < 4.78 is 15.2. The number of ether oxygens (including phenoxy) is 3. The molecule has 0 heterocycles. The Kier molecular flexibility index (Phi) is 8.71. The van der Waals surface area contributed by atoms with Crippen LogP contribution in [0.2, 0.25) is 0 Å². The van der Waals surface area contributed by atoms with Crippen LogP contribution in [0.25, 0.3) is 0 Å². The third-order valence-corrected chi connectivity index (χ3v) is 2.11. The normalized spacial score (nSPS) is 9.00. The van der Waals surface area contributed by atoms with Crippen molar-refractivity contribution in [3.63, 3.8) is 0 Å². The van der Waals surface area contributed by atoms with E-state index >= 15 is 0 Å². The van der Waals surface area contributed by atoms with E-state index in [1.165, 1.54) is 33.5 Å². The zero-order chi connectivity index (χ0) is 14.1. The highest BCUT2D eigenvalue weighted by atomic mass is 35.5. The highest BCUT2D eigenvalue weighted by molar-refractivity contribution is 6.67. The molecule has 102 valence electrons. The van der Waals surface area contributed by atoms with Crippen molar-refractivity contribution < 1.29 is 19.0 Å². The summed E-state index contributed by atoms with van der Waals surface area (Å²) in [6.45, 7) is 0. The average molecular weight is 316 g/mol. The topological polar surface area (TPSA) is 44.8 Å². The average Bonchev–Trinajstić information content (AvgIpc) is 2.37. The van der Waals surface area contributed by atoms with Crippen molar-refractivity contribution in [1.29, 1.82) is 0 Å². The second-order valence-corrected chi connectivity index (χ2v) is 3.94. The Morgan fingerprint density at radius 2 is 1.44 bits per heavy atom. The monoisotopic (exact) mass is 314 g/mol. The molecule has 0 amide bonds. The number of hydrogen-bond acceptors (Lipinski definition) is 4. The van der Waals surface area contributed by atoms with Gasteiger partial charge in [-0.2, -0.15) is 0 Å². The van der Waals surface area contributed by atoms with E-state index in [2.05, 4.69) is 0 Å². The third-order valence-electron chi connectivity index (χ3n) is 1.89. The second-order valence-electron chi connectivity index (χ2n) is 2.79. The largest absolute Gasteiger partial charge is 0.493 e. The first-order valence-corrected chi connectivity index (χ1v) is 6.12. The summed E-state index contributed by atoms with van der Waals surface area (Å²) >= 11 is 14.9. The highest BCUT2D eigenvalue weighted by Crippen LogP contribution is 2.38. The fourth-order valence-electron chi connectivity index (χ4n) is 1.19. The first kappa shape index (κ1) is 17.2. The molecule has 0 saturated heterocycles. The number of carbonyl (C=O) groups excluding carboxylic acids is 1. The Labute approximate surface area is 121 Å². The van der Waals surface area contributed by atoms with Crippen LogP contribution in [0, 0.1) is 0 Å². The predicted octanol–water partition coefficient (Wildman–Crippen LogP) is 3.51. The maximum atomic E-state index is 11.0. The molecule has 0 aliphatic carbocycles. The minimum atomic E-state index is -0.575. The molecule has 0 fully saturated rings. The SMILES string of the molecule is COc1cc(C(=O)Cl)cc(OC)c1OC.ClCCl. The van der Waals surface area contributed by atoms with Gasteiger partial charge in [-0.05, 0) is 23.7 Å². The fourth-order valence-corrected chi connectivity index (χ4v) is 1.30. The molecule has 0 aliphatic rings. The van der Waals surface area contributed by atoms with Gasteiger partial charge in [0.1, 0.15) is 0 Å². The zero-order valence-electron chi connectivity index (χ0n) is 10.1. The van der Waals surface area contributed by atoms with Gasteiger partial charge < -0.3 is 14.2 Å². The number of hydrogen-bond donors (Lipinski definition) is 0. The van der Waals surface area contributed by atoms with Gasteiger partial charge in [0.05, 0.1) is 26.7 Å².